The molecule has 0 heterocycles. The van der Waals surface area contributed by atoms with Crippen molar-refractivity contribution in [2.75, 3.05) is 0 Å². The molecule has 1 rings (SSSR count). The first-order valence-electron chi connectivity index (χ1n) is 3.80. The Morgan fingerprint density at radius 2 is 1.80 bits per heavy atom. The molecule has 0 spiro atoms. The predicted octanol–water partition coefficient (Wildman–Crippen LogP) is 4.20. The van der Waals surface area contributed by atoms with Gasteiger partial charge in [0.05, 0.1) is 0 Å². The van der Waals surface area contributed by atoms with Gasteiger partial charge in [0.1, 0.15) is 0 Å². The summed E-state index contributed by atoms with van der Waals surface area (Å²) >= 11 is 6.89. The van der Waals surface area contributed by atoms with E-state index in [0.717, 1.165) is 5.92 Å². The van der Waals surface area contributed by atoms with Crippen LogP contribution in [-0.2, 0) is 0 Å². The van der Waals surface area contributed by atoms with Crippen LogP contribution in [0.1, 0.15) is 32.1 Å². The zero-order chi connectivity index (χ0) is 7.40. The lowest BCUT2D eigenvalue weighted by molar-refractivity contribution is 0.416. The minimum atomic E-state index is 0.799. The highest BCUT2D eigenvalue weighted by atomic mass is 79.9. The summed E-state index contributed by atoms with van der Waals surface area (Å²) in [7, 11) is 0. The molecular formula is C8H12Br2. The largest absolute Gasteiger partial charge is 0.0586 e. The molecule has 0 bridgehead atoms. The molecule has 2 heteroatoms. The molecule has 0 aromatic carbocycles. The molecule has 1 aliphatic rings. The van der Waals surface area contributed by atoms with Gasteiger partial charge in [-0.2, -0.15) is 0 Å². The fourth-order valence-electron chi connectivity index (χ4n) is 1.47. The van der Waals surface area contributed by atoms with Gasteiger partial charge in [0.15, 0.2) is 0 Å². The molecule has 0 aliphatic heterocycles. The van der Waals surface area contributed by atoms with Gasteiger partial charge in [0, 0.05) is 4.48 Å². The number of rotatable bonds is 1. The van der Waals surface area contributed by atoms with E-state index >= 15 is 0 Å². The van der Waals surface area contributed by atoms with Gasteiger partial charge in [-0.25, -0.2) is 0 Å². The Kier molecular flexibility index (Phi) is 4.00. The lowest BCUT2D eigenvalue weighted by Gasteiger charge is -2.20. The van der Waals surface area contributed by atoms with Gasteiger partial charge < -0.3 is 0 Å². The van der Waals surface area contributed by atoms with Gasteiger partial charge in [-0.3, -0.25) is 0 Å². The van der Waals surface area contributed by atoms with Gasteiger partial charge in [0.2, 0.25) is 0 Å². The van der Waals surface area contributed by atoms with Crippen molar-refractivity contribution in [2.45, 2.75) is 32.1 Å². The van der Waals surface area contributed by atoms with Crippen molar-refractivity contribution in [3.8, 4) is 0 Å². The minimum absolute atomic E-state index is 0.799. The quantitative estimate of drug-likeness (QED) is 0.668. The van der Waals surface area contributed by atoms with E-state index < -0.39 is 0 Å². The lowest BCUT2D eigenvalue weighted by atomic mass is 9.89. The molecule has 0 saturated heterocycles. The Labute approximate surface area is 79.3 Å². The second-order valence-electron chi connectivity index (χ2n) is 2.83. The molecule has 0 nitrogen and oxygen atoms in total. The normalized spacial score (nSPS) is 23.2. The summed E-state index contributed by atoms with van der Waals surface area (Å²) in [4.78, 5) is 2.00. The topological polar surface area (TPSA) is 0 Å². The van der Waals surface area contributed by atoms with Crippen molar-refractivity contribution in [2.24, 2.45) is 5.92 Å². The van der Waals surface area contributed by atoms with Crippen LogP contribution in [0.15, 0.2) is 9.47 Å². The molecule has 1 aliphatic carbocycles. The zero-order valence-corrected chi connectivity index (χ0v) is 9.12. The van der Waals surface area contributed by atoms with E-state index in [1.54, 1.807) is 0 Å². The molecule has 0 atom stereocenters. The smallest absolute Gasteiger partial charge is 0.00507 e. The monoisotopic (exact) mass is 266 g/mol. The van der Waals surface area contributed by atoms with Crippen molar-refractivity contribution >= 4 is 31.9 Å². The van der Waals surface area contributed by atoms with Crippen molar-refractivity contribution in [1.29, 1.82) is 0 Å². The van der Waals surface area contributed by atoms with E-state index in [1.807, 2.05) is 4.99 Å². The molecular weight excluding hydrogens is 256 g/mol. The van der Waals surface area contributed by atoms with Crippen LogP contribution in [-0.4, -0.2) is 0 Å². The van der Waals surface area contributed by atoms with Crippen molar-refractivity contribution in [3.05, 3.63) is 9.47 Å². The molecule has 10 heavy (non-hydrogen) atoms. The third-order valence-electron chi connectivity index (χ3n) is 2.10. The summed E-state index contributed by atoms with van der Waals surface area (Å²) in [5, 5.41) is 0. The molecule has 0 aromatic rings. The van der Waals surface area contributed by atoms with E-state index in [4.69, 9.17) is 0 Å². The summed E-state index contributed by atoms with van der Waals surface area (Å²) in [6.45, 7) is 0. The Balaban J connectivity index is 2.39. The maximum absolute atomic E-state index is 3.55. The van der Waals surface area contributed by atoms with Crippen LogP contribution in [0.4, 0.5) is 0 Å². The van der Waals surface area contributed by atoms with Crippen LogP contribution in [0.5, 0.6) is 0 Å². The van der Waals surface area contributed by atoms with Gasteiger partial charge in [-0.1, -0.05) is 51.1 Å². The summed E-state index contributed by atoms with van der Waals surface area (Å²) in [5.74, 6) is 0.799. The average Bonchev–Trinajstić information content (AvgIpc) is 2.05. The van der Waals surface area contributed by atoms with Gasteiger partial charge in [-0.15, -0.1) is 0 Å². The Morgan fingerprint density at radius 1 is 1.20 bits per heavy atom. The van der Waals surface area contributed by atoms with E-state index in [0.29, 0.717) is 0 Å². The van der Waals surface area contributed by atoms with E-state index in [-0.39, 0.29) is 0 Å². The highest BCUT2D eigenvalue weighted by Crippen LogP contribution is 2.33. The first-order chi connectivity index (χ1) is 4.84. The SMILES string of the molecule is Br/C=C(\Br)C1CCCCC1. The van der Waals surface area contributed by atoms with E-state index in [2.05, 4.69) is 31.9 Å². The van der Waals surface area contributed by atoms with Crippen LogP contribution in [0, 0.1) is 5.92 Å². The average molecular weight is 268 g/mol. The number of hydrogen-bond donors (Lipinski definition) is 0. The Bertz CT molecular complexity index is 123. The Hall–Kier alpha value is 0.700. The summed E-state index contributed by atoms with van der Waals surface area (Å²) in [5.41, 5.74) is 0. The highest BCUT2D eigenvalue weighted by molar-refractivity contribution is 9.14. The second kappa shape index (κ2) is 4.55. The van der Waals surface area contributed by atoms with E-state index in [1.165, 1.54) is 36.6 Å². The zero-order valence-electron chi connectivity index (χ0n) is 5.95. The standard InChI is InChI=1S/C8H12Br2/c9-6-8(10)7-4-2-1-3-5-7/h6-7H,1-5H2/b8-6-. The molecule has 0 aromatic heterocycles. The summed E-state index contributed by atoms with van der Waals surface area (Å²) < 4.78 is 1.34. The molecule has 1 saturated carbocycles. The summed E-state index contributed by atoms with van der Waals surface area (Å²) in [6.07, 6.45) is 6.96. The van der Waals surface area contributed by atoms with Gasteiger partial charge >= 0.3 is 0 Å². The lowest BCUT2D eigenvalue weighted by Crippen LogP contribution is -2.05. The first kappa shape index (κ1) is 8.79. The van der Waals surface area contributed by atoms with E-state index in [9.17, 15) is 0 Å². The van der Waals surface area contributed by atoms with Crippen LogP contribution >= 0.6 is 31.9 Å². The number of hydrogen-bond acceptors (Lipinski definition) is 0. The fraction of sp³-hybridized carbons (Fsp3) is 0.750. The van der Waals surface area contributed by atoms with Crippen LogP contribution < -0.4 is 0 Å². The maximum Gasteiger partial charge on any atom is 0.00507 e. The van der Waals surface area contributed by atoms with Crippen molar-refractivity contribution in [3.63, 3.8) is 0 Å². The van der Waals surface area contributed by atoms with Crippen LogP contribution in [0.2, 0.25) is 0 Å². The summed E-state index contributed by atoms with van der Waals surface area (Å²) in [6, 6.07) is 0. The van der Waals surface area contributed by atoms with Gasteiger partial charge in [-0.05, 0) is 23.7 Å². The molecule has 0 N–H and O–H groups in total. The number of allylic oxidation sites excluding steroid dienone is 1. The molecule has 1 fully saturated rings. The van der Waals surface area contributed by atoms with Gasteiger partial charge in [0.25, 0.3) is 0 Å². The first-order valence-corrected chi connectivity index (χ1v) is 5.51. The third-order valence-corrected chi connectivity index (χ3v) is 4.08. The highest BCUT2D eigenvalue weighted by Gasteiger charge is 2.14. The fourth-order valence-corrected chi connectivity index (χ4v) is 2.30. The van der Waals surface area contributed by atoms with Crippen LogP contribution in [0.3, 0.4) is 0 Å². The maximum atomic E-state index is 3.55. The second-order valence-corrected chi connectivity index (χ2v) is 4.20. The molecule has 0 radical (unpaired) electrons. The molecule has 0 amide bonds. The van der Waals surface area contributed by atoms with Crippen molar-refractivity contribution < 1.29 is 0 Å². The third kappa shape index (κ3) is 2.39. The van der Waals surface area contributed by atoms with Crippen molar-refractivity contribution in [1.82, 2.24) is 0 Å². The van der Waals surface area contributed by atoms with Crippen LogP contribution in [0.25, 0.3) is 0 Å². The Morgan fingerprint density at radius 3 is 2.30 bits per heavy atom. The molecule has 58 valence electrons. The number of halogens is 2. The predicted molar refractivity (Wildman–Crippen MR) is 52.5 cm³/mol. The molecule has 0 unspecified atom stereocenters. The minimum Gasteiger partial charge on any atom is -0.0586 e.